The topological polar surface area (TPSA) is 80.8 Å². The number of hydrogen-bond acceptors (Lipinski definition) is 6. The molecule has 1 aliphatic heterocycles. The standard InChI is InChI=1S/C23H28N4O4/c28-22(8-13-27-20-4-1-2-5-21(20)31-23(27)29)26(18-19-6-9-24-10-7-19)12-3-11-25-14-16-30-17-15-25/h1-2,4-7,9-10H,3,8,11-18H2. The summed E-state index contributed by atoms with van der Waals surface area (Å²) in [6.07, 6.45) is 4.61. The molecule has 0 spiro atoms. The van der Waals surface area contributed by atoms with Gasteiger partial charge in [0.05, 0.1) is 18.7 Å². The number of pyridine rings is 1. The number of aryl methyl sites for hydroxylation is 1. The molecule has 4 rings (SSSR count). The summed E-state index contributed by atoms with van der Waals surface area (Å²) in [4.78, 5) is 33.6. The average molecular weight is 425 g/mol. The van der Waals surface area contributed by atoms with Crippen molar-refractivity contribution in [3.63, 3.8) is 0 Å². The predicted octanol–water partition coefficient (Wildman–Crippen LogP) is 2.13. The number of amides is 1. The second-order valence-electron chi connectivity index (χ2n) is 7.72. The lowest BCUT2D eigenvalue weighted by Crippen LogP contribution is -2.39. The Balaban J connectivity index is 1.39. The molecule has 0 unspecified atom stereocenters. The minimum absolute atomic E-state index is 0.0240. The van der Waals surface area contributed by atoms with Gasteiger partial charge in [-0.15, -0.1) is 0 Å². The number of nitrogens with zero attached hydrogens (tertiary/aromatic N) is 4. The number of carbonyl (C=O) groups is 1. The highest BCUT2D eigenvalue weighted by Crippen LogP contribution is 2.13. The van der Waals surface area contributed by atoms with Crippen LogP contribution < -0.4 is 5.76 Å². The molecule has 0 N–H and O–H groups in total. The first-order valence-electron chi connectivity index (χ1n) is 10.8. The Hall–Kier alpha value is -2.97. The molecule has 1 amide bonds. The predicted molar refractivity (Wildman–Crippen MR) is 117 cm³/mol. The second kappa shape index (κ2) is 10.4. The summed E-state index contributed by atoms with van der Waals surface area (Å²) in [6, 6.07) is 11.1. The van der Waals surface area contributed by atoms with Gasteiger partial charge in [-0.1, -0.05) is 12.1 Å². The maximum Gasteiger partial charge on any atom is 0.419 e. The number of hydrogen-bond donors (Lipinski definition) is 0. The van der Waals surface area contributed by atoms with Gasteiger partial charge in [0, 0.05) is 58.1 Å². The number of benzene rings is 1. The van der Waals surface area contributed by atoms with Crippen LogP contribution in [0.3, 0.4) is 0 Å². The zero-order chi connectivity index (χ0) is 21.5. The molecule has 164 valence electrons. The molecule has 1 aliphatic rings. The minimum Gasteiger partial charge on any atom is -0.408 e. The first-order valence-corrected chi connectivity index (χ1v) is 10.8. The fourth-order valence-electron chi connectivity index (χ4n) is 3.90. The van der Waals surface area contributed by atoms with E-state index in [4.69, 9.17) is 9.15 Å². The normalized spacial score (nSPS) is 14.7. The highest BCUT2D eigenvalue weighted by molar-refractivity contribution is 5.77. The third-order valence-electron chi connectivity index (χ3n) is 5.60. The van der Waals surface area contributed by atoms with Gasteiger partial charge >= 0.3 is 5.76 Å². The largest absolute Gasteiger partial charge is 0.419 e. The molecule has 31 heavy (non-hydrogen) atoms. The lowest BCUT2D eigenvalue weighted by molar-refractivity contribution is -0.132. The quantitative estimate of drug-likeness (QED) is 0.524. The van der Waals surface area contributed by atoms with Crippen molar-refractivity contribution in [2.24, 2.45) is 0 Å². The highest BCUT2D eigenvalue weighted by atomic mass is 16.5. The van der Waals surface area contributed by atoms with E-state index in [-0.39, 0.29) is 12.3 Å². The number of fused-ring (bicyclic) bond motifs is 1. The van der Waals surface area contributed by atoms with E-state index in [1.54, 1.807) is 18.5 Å². The van der Waals surface area contributed by atoms with E-state index in [1.807, 2.05) is 35.2 Å². The third-order valence-corrected chi connectivity index (χ3v) is 5.60. The van der Waals surface area contributed by atoms with Gasteiger partial charge in [0.15, 0.2) is 5.58 Å². The van der Waals surface area contributed by atoms with E-state index in [0.717, 1.165) is 44.8 Å². The van der Waals surface area contributed by atoms with Crippen LogP contribution in [0.1, 0.15) is 18.4 Å². The van der Waals surface area contributed by atoms with Gasteiger partial charge in [0.1, 0.15) is 0 Å². The Morgan fingerprint density at radius 2 is 1.84 bits per heavy atom. The van der Waals surface area contributed by atoms with E-state index in [0.29, 0.717) is 30.7 Å². The molecule has 0 atom stereocenters. The van der Waals surface area contributed by atoms with E-state index >= 15 is 0 Å². The summed E-state index contributed by atoms with van der Waals surface area (Å²) in [5.74, 6) is -0.405. The van der Waals surface area contributed by atoms with Crippen molar-refractivity contribution in [1.82, 2.24) is 19.4 Å². The summed E-state index contributed by atoms with van der Waals surface area (Å²) in [5, 5.41) is 0. The van der Waals surface area contributed by atoms with Gasteiger partial charge in [0.25, 0.3) is 0 Å². The van der Waals surface area contributed by atoms with Crippen LogP contribution in [0, 0.1) is 0 Å². The van der Waals surface area contributed by atoms with Crippen LogP contribution in [0.4, 0.5) is 0 Å². The molecule has 0 aliphatic carbocycles. The third kappa shape index (κ3) is 5.59. The van der Waals surface area contributed by atoms with Crippen LogP contribution in [-0.4, -0.2) is 64.7 Å². The molecule has 2 aromatic heterocycles. The fourth-order valence-corrected chi connectivity index (χ4v) is 3.90. The van der Waals surface area contributed by atoms with Crippen molar-refractivity contribution < 1.29 is 13.9 Å². The van der Waals surface area contributed by atoms with Gasteiger partial charge in [-0.2, -0.15) is 0 Å². The summed E-state index contributed by atoms with van der Waals surface area (Å²) in [6.45, 7) is 5.86. The minimum atomic E-state index is -0.429. The molecular weight excluding hydrogens is 396 g/mol. The van der Waals surface area contributed by atoms with Crippen molar-refractivity contribution in [3.8, 4) is 0 Å². The van der Waals surface area contributed by atoms with Crippen molar-refractivity contribution in [3.05, 3.63) is 64.9 Å². The van der Waals surface area contributed by atoms with Crippen LogP contribution in [-0.2, 0) is 22.6 Å². The molecule has 3 heterocycles. The Labute approximate surface area is 181 Å². The summed E-state index contributed by atoms with van der Waals surface area (Å²) in [5.41, 5.74) is 2.30. The first-order chi connectivity index (χ1) is 15.2. The second-order valence-corrected chi connectivity index (χ2v) is 7.72. The maximum absolute atomic E-state index is 13.1. The SMILES string of the molecule is O=C(CCn1c(=O)oc2ccccc21)N(CCCN1CCOCC1)Cc1ccncc1. The Bertz CT molecular complexity index is 1040. The number of para-hydroxylation sites is 2. The van der Waals surface area contributed by atoms with Crippen LogP contribution in [0.25, 0.3) is 11.1 Å². The zero-order valence-corrected chi connectivity index (χ0v) is 17.6. The highest BCUT2D eigenvalue weighted by Gasteiger charge is 2.17. The van der Waals surface area contributed by atoms with Crippen LogP contribution in [0.2, 0.25) is 0 Å². The van der Waals surface area contributed by atoms with Gasteiger partial charge in [-0.3, -0.25) is 19.2 Å². The maximum atomic E-state index is 13.1. The smallest absolute Gasteiger partial charge is 0.408 e. The number of morpholine rings is 1. The van der Waals surface area contributed by atoms with Crippen LogP contribution in [0.15, 0.2) is 58.0 Å². The average Bonchev–Trinajstić information content (AvgIpc) is 3.13. The number of ether oxygens (including phenoxy) is 1. The van der Waals surface area contributed by atoms with Gasteiger partial charge < -0.3 is 14.1 Å². The molecule has 0 radical (unpaired) electrons. The number of aromatic nitrogens is 2. The molecule has 8 nitrogen and oxygen atoms in total. The van der Waals surface area contributed by atoms with Crippen molar-refractivity contribution in [2.45, 2.75) is 25.9 Å². The molecule has 1 fully saturated rings. The Kier molecular flexibility index (Phi) is 7.11. The molecule has 0 bridgehead atoms. The molecule has 1 aromatic carbocycles. The van der Waals surface area contributed by atoms with Crippen LogP contribution >= 0.6 is 0 Å². The van der Waals surface area contributed by atoms with Gasteiger partial charge in [-0.05, 0) is 36.2 Å². The van der Waals surface area contributed by atoms with Gasteiger partial charge in [0.2, 0.25) is 5.91 Å². The summed E-state index contributed by atoms with van der Waals surface area (Å²) >= 11 is 0. The van der Waals surface area contributed by atoms with E-state index in [2.05, 4.69) is 9.88 Å². The summed E-state index contributed by atoms with van der Waals surface area (Å²) < 4.78 is 12.2. The zero-order valence-electron chi connectivity index (χ0n) is 17.6. The first kappa shape index (κ1) is 21.3. The molecule has 1 saturated heterocycles. The van der Waals surface area contributed by atoms with E-state index in [1.165, 1.54) is 4.57 Å². The number of oxazole rings is 1. The van der Waals surface area contributed by atoms with E-state index < -0.39 is 5.76 Å². The van der Waals surface area contributed by atoms with Crippen molar-refractivity contribution >= 4 is 17.0 Å². The molecule has 3 aromatic rings. The Morgan fingerprint density at radius 3 is 2.65 bits per heavy atom. The lowest BCUT2D eigenvalue weighted by Gasteiger charge is -2.28. The number of carbonyl (C=O) groups excluding carboxylic acids is 1. The summed E-state index contributed by atoms with van der Waals surface area (Å²) in [7, 11) is 0. The monoisotopic (exact) mass is 424 g/mol. The lowest BCUT2D eigenvalue weighted by atomic mass is 10.2. The fraction of sp³-hybridized carbons (Fsp3) is 0.435. The molecular formula is C23H28N4O4. The van der Waals surface area contributed by atoms with Crippen LogP contribution in [0.5, 0.6) is 0 Å². The molecule has 8 heteroatoms. The van der Waals surface area contributed by atoms with Crippen molar-refractivity contribution in [1.29, 1.82) is 0 Å². The van der Waals surface area contributed by atoms with E-state index in [9.17, 15) is 9.59 Å². The Morgan fingerprint density at radius 1 is 1.06 bits per heavy atom. The molecule has 0 saturated carbocycles. The van der Waals surface area contributed by atoms with Crippen molar-refractivity contribution in [2.75, 3.05) is 39.4 Å². The van der Waals surface area contributed by atoms with Gasteiger partial charge in [-0.25, -0.2) is 4.79 Å². The number of rotatable bonds is 9.